The predicted molar refractivity (Wildman–Crippen MR) is 134 cm³/mol. The minimum Gasteiger partial charge on any atom is -0.497 e. The van der Waals surface area contributed by atoms with Gasteiger partial charge < -0.3 is 9.64 Å². The second-order valence-electron chi connectivity index (χ2n) is 9.17. The molecule has 8 nitrogen and oxygen atoms in total. The zero-order valence-corrected chi connectivity index (χ0v) is 21.3. The molecule has 0 radical (unpaired) electrons. The molecule has 0 unspecified atom stereocenters. The molecule has 2 heterocycles. The molecule has 35 heavy (non-hydrogen) atoms. The van der Waals surface area contributed by atoms with Gasteiger partial charge in [-0.3, -0.25) is 4.79 Å². The Hall–Kier alpha value is -2.69. The van der Waals surface area contributed by atoms with Crippen LogP contribution in [0.5, 0.6) is 5.75 Å². The third kappa shape index (κ3) is 5.94. The molecule has 0 N–H and O–H groups in total. The van der Waals surface area contributed by atoms with Crippen molar-refractivity contribution in [1.29, 1.82) is 0 Å². The molecule has 0 saturated carbocycles. The predicted octanol–water partition coefficient (Wildman–Crippen LogP) is 2.78. The summed E-state index contributed by atoms with van der Waals surface area (Å²) in [4.78, 5) is 14.6. The van der Waals surface area contributed by atoms with Gasteiger partial charge in [0.1, 0.15) is 11.5 Å². The molecule has 4 rings (SSSR count). The standard InChI is InChI=1S/C25H30N2O6S2/c1-33-22-8-5-9-23(18-22)35(31,32)27-15-12-25(13-16-27)11-14-26(20-25)24(28)19-34(29,30)17-10-21-6-3-2-4-7-21/h2-10,17-18H,11-16,19-20H2,1H3. The first kappa shape index (κ1) is 25.4. The highest BCUT2D eigenvalue weighted by atomic mass is 32.2. The van der Waals surface area contributed by atoms with Crippen molar-refractivity contribution in [2.45, 2.75) is 24.2 Å². The van der Waals surface area contributed by atoms with Gasteiger partial charge in [0.2, 0.25) is 15.9 Å². The van der Waals surface area contributed by atoms with Gasteiger partial charge in [-0.1, -0.05) is 36.4 Å². The van der Waals surface area contributed by atoms with Gasteiger partial charge in [0.25, 0.3) is 0 Å². The Morgan fingerprint density at radius 3 is 2.34 bits per heavy atom. The highest BCUT2D eigenvalue weighted by Crippen LogP contribution is 2.41. The Bertz CT molecular complexity index is 1300. The Morgan fingerprint density at radius 2 is 1.66 bits per heavy atom. The topological polar surface area (TPSA) is 101 Å². The van der Waals surface area contributed by atoms with Crippen LogP contribution in [0, 0.1) is 5.41 Å². The number of piperidine rings is 1. The third-order valence-corrected chi connectivity index (χ3v) is 9.94. The lowest BCUT2D eigenvalue weighted by Crippen LogP contribution is -2.45. The highest BCUT2D eigenvalue weighted by Gasteiger charge is 2.44. The van der Waals surface area contributed by atoms with E-state index in [9.17, 15) is 21.6 Å². The SMILES string of the molecule is COc1cccc(S(=O)(=O)N2CCC3(CCN(C(=O)CS(=O)(=O)C=Cc4ccccc4)C3)CC2)c1. The number of amides is 1. The lowest BCUT2D eigenvalue weighted by atomic mass is 9.78. The van der Waals surface area contributed by atoms with Crippen molar-refractivity contribution >= 4 is 31.8 Å². The number of sulfonamides is 1. The Kier molecular flexibility index (Phi) is 7.35. The first-order chi connectivity index (χ1) is 16.6. The number of carbonyl (C=O) groups is 1. The highest BCUT2D eigenvalue weighted by molar-refractivity contribution is 7.95. The van der Waals surface area contributed by atoms with Crippen molar-refractivity contribution in [3.8, 4) is 5.75 Å². The number of benzene rings is 2. The number of sulfone groups is 1. The molecule has 2 aliphatic rings. The van der Waals surface area contributed by atoms with Crippen LogP contribution in [-0.2, 0) is 24.7 Å². The number of hydrogen-bond acceptors (Lipinski definition) is 6. The Morgan fingerprint density at radius 1 is 0.971 bits per heavy atom. The lowest BCUT2D eigenvalue weighted by Gasteiger charge is -2.38. The molecule has 2 aromatic carbocycles. The normalized spacial score (nSPS) is 18.8. The van der Waals surface area contributed by atoms with Gasteiger partial charge in [0.15, 0.2) is 9.84 Å². The van der Waals surface area contributed by atoms with Crippen molar-refractivity contribution in [1.82, 2.24) is 9.21 Å². The van der Waals surface area contributed by atoms with Crippen LogP contribution in [-0.4, -0.2) is 71.0 Å². The maximum absolute atomic E-state index is 13.1. The Balaban J connectivity index is 1.34. The van der Waals surface area contributed by atoms with Crippen LogP contribution in [0.3, 0.4) is 0 Å². The van der Waals surface area contributed by atoms with Crippen molar-refractivity contribution in [2.24, 2.45) is 5.41 Å². The molecule has 10 heteroatoms. The molecule has 188 valence electrons. The van der Waals surface area contributed by atoms with Crippen LogP contribution >= 0.6 is 0 Å². The summed E-state index contributed by atoms with van der Waals surface area (Å²) in [5.41, 5.74) is 0.569. The summed E-state index contributed by atoms with van der Waals surface area (Å²) >= 11 is 0. The molecule has 1 amide bonds. The molecule has 2 aromatic rings. The van der Waals surface area contributed by atoms with Gasteiger partial charge in [-0.15, -0.1) is 0 Å². The van der Waals surface area contributed by atoms with Crippen LogP contribution in [0.1, 0.15) is 24.8 Å². The van der Waals surface area contributed by atoms with E-state index in [4.69, 9.17) is 4.74 Å². The van der Waals surface area contributed by atoms with Gasteiger partial charge in [-0.25, -0.2) is 16.8 Å². The first-order valence-electron chi connectivity index (χ1n) is 11.5. The minimum atomic E-state index is -3.69. The number of ether oxygens (including phenoxy) is 1. The van der Waals surface area contributed by atoms with Crippen molar-refractivity contribution in [3.05, 3.63) is 65.6 Å². The van der Waals surface area contributed by atoms with E-state index in [-0.39, 0.29) is 10.3 Å². The van der Waals surface area contributed by atoms with E-state index < -0.39 is 31.5 Å². The van der Waals surface area contributed by atoms with Crippen LogP contribution in [0.4, 0.5) is 0 Å². The second kappa shape index (κ2) is 10.1. The number of rotatable bonds is 7. The maximum Gasteiger partial charge on any atom is 0.243 e. The van der Waals surface area contributed by atoms with E-state index in [1.807, 2.05) is 18.2 Å². The summed E-state index contributed by atoms with van der Waals surface area (Å²) in [5.74, 6) is -0.493. The van der Waals surface area contributed by atoms with Gasteiger partial charge in [0.05, 0.1) is 12.0 Å². The van der Waals surface area contributed by atoms with E-state index in [2.05, 4.69) is 0 Å². The van der Waals surface area contributed by atoms with Crippen molar-refractivity contribution < 1.29 is 26.4 Å². The number of likely N-dealkylation sites (tertiary alicyclic amines) is 1. The zero-order valence-electron chi connectivity index (χ0n) is 19.7. The van der Waals surface area contributed by atoms with Crippen LogP contribution < -0.4 is 4.74 Å². The van der Waals surface area contributed by atoms with E-state index in [0.717, 1.165) is 17.4 Å². The fourth-order valence-electron chi connectivity index (χ4n) is 4.73. The molecular weight excluding hydrogens is 488 g/mol. The van der Waals surface area contributed by atoms with E-state index in [0.29, 0.717) is 44.8 Å². The molecule has 0 aliphatic carbocycles. The minimum absolute atomic E-state index is 0.181. The van der Waals surface area contributed by atoms with Crippen LogP contribution in [0.15, 0.2) is 64.9 Å². The molecule has 2 aliphatic heterocycles. The second-order valence-corrected chi connectivity index (χ2v) is 13.0. The van der Waals surface area contributed by atoms with E-state index in [1.54, 1.807) is 35.2 Å². The number of nitrogens with zero attached hydrogens (tertiary/aromatic N) is 2. The maximum atomic E-state index is 13.1. The summed E-state index contributed by atoms with van der Waals surface area (Å²) in [6.07, 6.45) is 3.49. The fourth-order valence-corrected chi connectivity index (χ4v) is 7.19. The smallest absolute Gasteiger partial charge is 0.243 e. The number of hydrogen-bond donors (Lipinski definition) is 0. The van der Waals surface area contributed by atoms with E-state index in [1.165, 1.54) is 23.6 Å². The third-order valence-electron chi connectivity index (χ3n) is 6.85. The number of carbonyl (C=O) groups excluding carboxylic acids is 1. The molecule has 0 aromatic heterocycles. The molecule has 2 fully saturated rings. The lowest BCUT2D eigenvalue weighted by molar-refractivity contribution is -0.127. The molecule has 2 saturated heterocycles. The zero-order chi connectivity index (χ0) is 25.1. The van der Waals surface area contributed by atoms with Gasteiger partial charge in [0, 0.05) is 37.7 Å². The van der Waals surface area contributed by atoms with Gasteiger partial charge >= 0.3 is 0 Å². The van der Waals surface area contributed by atoms with Gasteiger partial charge in [-0.05, 0) is 48.4 Å². The van der Waals surface area contributed by atoms with Gasteiger partial charge in [-0.2, -0.15) is 4.31 Å². The van der Waals surface area contributed by atoms with Crippen LogP contribution in [0.2, 0.25) is 0 Å². The summed E-state index contributed by atoms with van der Waals surface area (Å²) in [5, 5.41) is 1.09. The molecule has 0 bridgehead atoms. The van der Waals surface area contributed by atoms with Crippen LogP contribution in [0.25, 0.3) is 6.08 Å². The Labute approximate surface area is 207 Å². The quantitative estimate of drug-likeness (QED) is 0.559. The average molecular weight is 519 g/mol. The van der Waals surface area contributed by atoms with Crippen molar-refractivity contribution in [2.75, 3.05) is 39.0 Å². The summed E-state index contributed by atoms with van der Waals surface area (Å²) in [7, 11) is -5.84. The fraction of sp³-hybridized carbons (Fsp3) is 0.400. The summed E-state index contributed by atoms with van der Waals surface area (Å²) in [6.45, 7) is 1.66. The molecular formula is C25H30N2O6S2. The monoisotopic (exact) mass is 518 g/mol. The summed E-state index contributed by atoms with van der Waals surface area (Å²) < 4.78 is 57.7. The first-order valence-corrected chi connectivity index (χ1v) is 14.7. The summed E-state index contributed by atoms with van der Waals surface area (Å²) in [6, 6.07) is 15.5. The number of methoxy groups -OCH3 is 1. The van der Waals surface area contributed by atoms with E-state index >= 15 is 0 Å². The largest absolute Gasteiger partial charge is 0.497 e. The molecule has 0 atom stereocenters. The molecule has 1 spiro atoms. The average Bonchev–Trinajstić information content (AvgIpc) is 3.27. The van der Waals surface area contributed by atoms with Crippen molar-refractivity contribution in [3.63, 3.8) is 0 Å².